The van der Waals surface area contributed by atoms with Crippen LogP contribution in [0.15, 0.2) is 30.3 Å². The van der Waals surface area contributed by atoms with Crippen LogP contribution in [0, 0.1) is 0 Å². The van der Waals surface area contributed by atoms with Crippen molar-refractivity contribution in [2.24, 2.45) is 0 Å². The Bertz CT molecular complexity index is 310. The summed E-state index contributed by atoms with van der Waals surface area (Å²) in [5, 5.41) is 9.86. The van der Waals surface area contributed by atoms with Gasteiger partial charge in [0.05, 0.1) is 6.61 Å². The third-order valence-corrected chi connectivity index (χ3v) is 2.16. The van der Waals surface area contributed by atoms with Crippen LogP contribution in [0.5, 0.6) is 0 Å². The van der Waals surface area contributed by atoms with Crippen LogP contribution in [0.25, 0.3) is 0 Å². The van der Waals surface area contributed by atoms with Gasteiger partial charge in [-0.3, -0.25) is 8.74 Å². The van der Waals surface area contributed by atoms with Gasteiger partial charge in [-0.05, 0) is 12.5 Å². The van der Waals surface area contributed by atoms with Crippen molar-refractivity contribution >= 4 is 11.4 Å². The summed E-state index contributed by atoms with van der Waals surface area (Å²) < 4.78 is 23.1. The van der Waals surface area contributed by atoms with Gasteiger partial charge in [0.1, 0.15) is 5.60 Å². The molecule has 1 rings (SSSR count). The number of aliphatic hydroxyl groups is 1. The number of hydrogen-bond acceptors (Lipinski definition) is 3. The summed E-state index contributed by atoms with van der Waals surface area (Å²) in [6.07, 6.45) is 0. The second-order valence-electron chi connectivity index (χ2n) is 3.12. The van der Waals surface area contributed by atoms with Gasteiger partial charge in [-0.1, -0.05) is 30.3 Å². The Balaban J connectivity index is 2.70. The van der Waals surface area contributed by atoms with Crippen LogP contribution >= 0.6 is 0 Å². The molecular weight excluding hydrogens is 204 g/mol. The summed E-state index contributed by atoms with van der Waals surface area (Å²) in [5.74, 6) is 0. The van der Waals surface area contributed by atoms with E-state index in [-0.39, 0.29) is 6.61 Å². The zero-order valence-corrected chi connectivity index (χ0v) is 8.53. The molecule has 0 aliphatic carbocycles. The SMILES string of the molecule is CC(O)(COS(=O)O)c1ccccc1. The standard InChI is InChI=1S/C9H12O4S/c1-9(10,7-13-14(11)12)8-5-3-2-4-6-8/h2-6,10H,7H2,1H3,(H,11,12). The summed E-state index contributed by atoms with van der Waals surface area (Å²) in [5.41, 5.74) is -0.606. The summed E-state index contributed by atoms with van der Waals surface area (Å²) in [7, 11) is 0. The van der Waals surface area contributed by atoms with Gasteiger partial charge in [0, 0.05) is 0 Å². The van der Waals surface area contributed by atoms with Crippen LogP contribution in [0.1, 0.15) is 12.5 Å². The lowest BCUT2D eigenvalue weighted by atomic mass is 9.97. The van der Waals surface area contributed by atoms with Crippen LogP contribution in [-0.2, 0) is 21.1 Å². The first-order valence-electron chi connectivity index (χ1n) is 4.04. The molecule has 4 nitrogen and oxygen atoms in total. The van der Waals surface area contributed by atoms with Crippen LogP contribution in [-0.4, -0.2) is 20.5 Å². The minimum Gasteiger partial charge on any atom is -0.383 e. The van der Waals surface area contributed by atoms with Crippen molar-refractivity contribution in [3.63, 3.8) is 0 Å². The van der Waals surface area contributed by atoms with E-state index in [0.717, 1.165) is 0 Å². The molecule has 0 amide bonds. The van der Waals surface area contributed by atoms with Crippen molar-refractivity contribution in [2.75, 3.05) is 6.61 Å². The maximum absolute atomic E-state index is 10.3. The zero-order chi connectivity index (χ0) is 10.6. The molecule has 0 spiro atoms. The predicted octanol–water partition coefficient (Wildman–Crippen LogP) is 1.05. The van der Waals surface area contributed by atoms with Crippen molar-refractivity contribution in [2.45, 2.75) is 12.5 Å². The maximum atomic E-state index is 10.3. The first-order chi connectivity index (χ1) is 6.52. The smallest absolute Gasteiger partial charge is 0.302 e. The summed E-state index contributed by atoms with van der Waals surface area (Å²) in [4.78, 5) is 0. The van der Waals surface area contributed by atoms with E-state index in [1.54, 1.807) is 24.3 Å². The zero-order valence-electron chi connectivity index (χ0n) is 7.71. The molecule has 0 saturated heterocycles. The lowest BCUT2D eigenvalue weighted by molar-refractivity contribution is 0.00920. The fourth-order valence-corrected chi connectivity index (χ4v) is 1.38. The summed E-state index contributed by atoms with van der Waals surface area (Å²) >= 11 is -2.35. The molecule has 0 aliphatic heterocycles. The quantitative estimate of drug-likeness (QED) is 0.738. The van der Waals surface area contributed by atoms with Gasteiger partial charge in [0.15, 0.2) is 0 Å². The number of benzene rings is 1. The lowest BCUT2D eigenvalue weighted by Gasteiger charge is -2.22. The van der Waals surface area contributed by atoms with E-state index < -0.39 is 17.0 Å². The van der Waals surface area contributed by atoms with Crippen molar-refractivity contribution in [3.05, 3.63) is 35.9 Å². The van der Waals surface area contributed by atoms with Crippen LogP contribution in [0.4, 0.5) is 0 Å². The van der Waals surface area contributed by atoms with E-state index in [1.807, 2.05) is 6.07 Å². The molecule has 2 N–H and O–H groups in total. The van der Waals surface area contributed by atoms with Crippen LogP contribution in [0.3, 0.4) is 0 Å². The normalized spacial score (nSPS) is 17.4. The van der Waals surface area contributed by atoms with Gasteiger partial charge in [-0.2, -0.15) is 4.21 Å². The lowest BCUT2D eigenvalue weighted by Crippen LogP contribution is -2.28. The molecule has 1 aromatic rings. The Labute approximate surface area is 85.0 Å². The van der Waals surface area contributed by atoms with Crippen molar-refractivity contribution in [1.29, 1.82) is 0 Å². The second kappa shape index (κ2) is 4.65. The minimum absolute atomic E-state index is 0.222. The Hall–Kier alpha value is -0.750. The summed E-state index contributed by atoms with van der Waals surface area (Å²) in [6.45, 7) is 1.30. The summed E-state index contributed by atoms with van der Waals surface area (Å²) in [6, 6.07) is 8.83. The third-order valence-electron chi connectivity index (χ3n) is 1.84. The molecule has 2 atom stereocenters. The number of hydrogen-bond donors (Lipinski definition) is 2. The van der Waals surface area contributed by atoms with E-state index in [0.29, 0.717) is 5.56 Å². The molecule has 0 saturated carbocycles. The Morgan fingerprint density at radius 3 is 2.50 bits per heavy atom. The van der Waals surface area contributed by atoms with Crippen molar-refractivity contribution in [1.82, 2.24) is 0 Å². The molecule has 0 aliphatic rings. The van der Waals surface area contributed by atoms with Crippen molar-refractivity contribution in [3.8, 4) is 0 Å². The van der Waals surface area contributed by atoms with E-state index in [1.165, 1.54) is 6.92 Å². The molecule has 0 radical (unpaired) electrons. The molecule has 0 heterocycles. The highest BCUT2D eigenvalue weighted by atomic mass is 32.2. The van der Waals surface area contributed by atoms with E-state index >= 15 is 0 Å². The largest absolute Gasteiger partial charge is 0.383 e. The van der Waals surface area contributed by atoms with Crippen LogP contribution in [0.2, 0.25) is 0 Å². The van der Waals surface area contributed by atoms with E-state index in [4.69, 9.17) is 4.55 Å². The molecular formula is C9H12O4S. The maximum Gasteiger partial charge on any atom is 0.302 e. The van der Waals surface area contributed by atoms with Crippen molar-refractivity contribution < 1.29 is 18.1 Å². The average molecular weight is 216 g/mol. The van der Waals surface area contributed by atoms with E-state index in [2.05, 4.69) is 4.18 Å². The van der Waals surface area contributed by atoms with Gasteiger partial charge >= 0.3 is 11.4 Å². The molecule has 78 valence electrons. The van der Waals surface area contributed by atoms with Gasteiger partial charge in [0.25, 0.3) is 0 Å². The fraction of sp³-hybridized carbons (Fsp3) is 0.333. The highest BCUT2D eigenvalue weighted by molar-refractivity contribution is 7.74. The third kappa shape index (κ3) is 3.19. The van der Waals surface area contributed by atoms with Gasteiger partial charge < -0.3 is 5.11 Å². The second-order valence-corrected chi connectivity index (χ2v) is 3.79. The van der Waals surface area contributed by atoms with Crippen LogP contribution < -0.4 is 0 Å². The number of rotatable bonds is 4. The minimum atomic E-state index is -2.35. The predicted molar refractivity (Wildman–Crippen MR) is 52.7 cm³/mol. The van der Waals surface area contributed by atoms with Gasteiger partial charge in [0.2, 0.25) is 0 Å². The topological polar surface area (TPSA) is 66.8 Å². The Kier molecular flexibility index (Phi) is 3.77. The highest BCUT2D eigenvalue weighted by Gasteiger charge is 2.24. The van der Waals surface area contributed by atoms with Gasteiger partial charge in [-0.15, -0.1) is 0 Å². The molecule has 5 heteroatoms. The highest BCUT2D eigenvalue weighted by Crippen LogP contribution is 2.20. The average Bonchev–Trinajstić information content (AvgIpc) is 2.16. The molecule has 0 fully saturated rings. The monoisotopic (exact) mass is 216 g/mol. The Morgan fingerprint density at radius 1 is 1.43 bits per heavy atom. The Morgan fingerprint density at radius 2 is 2.00 bits per heavy atom. The fourth-order valence-electron chi connectivity index (χ4n) is 1.05. The molecule has 2 unspecified atom stereocenters. The first kappa shape index (κ1) is 11.3. The first-order valence-corrected chi connectivity index (χ1v) is 5.07. The molecule has 0 bridgehead atoms. The molecule has 1 aromatic carbocycles. The van der Waals surface area contributed by atoms with Gasteiger partial charge in [-0.25, -0.2) is 0 Å². The molecule has 14 heavy (non-hydrogen) atoms. The molecule has 0 aromatic heterocycles. The van der Waals surface area contributed by atoms with E-state index in [9.17, 15) is 9.32 Å².